The number of nitrogens with one attached hydrogen (secondary N) is 1. The van der Waals surface area contributed by atoms with Crippen LogP contribution in [0.4, 0.5) is 0 Å². The van der Waals surface area contributed by atoms with Gasteiger partial charge in [0.25, 0.3) is 5.56 Å². The number of aromatic amines is 1. The largest absolute Gasteiger partial charge is 0.310 e. The summed E-state index contributed by atoms with van der Waals surface area (Å²) in [5.41, 5.74) is 5.98. The smallest absolute Gasteiger partial charge is 0.255 e. The monoisotopic (exact) mass is 466 g/mol. The van der Waals surface area contributed by atoms with E-state index < -0.39 is 0 Å². The van der Waals surface area contributed by atoms with Crippen molar-refractivity contribution in [2.75, 3.05) is 6.54 Å². The highest BCUT2D eigenvalue weighted by atomic mass is 16.1. The first-order valence-electron chi connectivity index (χ1n) is 12.6. The van der Waals surface area contributed by atoms with Gasteiger partial charge in [0.15, 0.2) is 0 Å². The van der Waals surface area contributed by atoms with Gasteiger partial charge in [0.1, 0.15) is 5.82 Å². The van der Waals surface area contributed by atoms with Crippen LogP contribution in [-0.2, 0) is 19.5 Å². The fourth-order valence-corrected chi connectivity index (χ4v) is 5.44. The predicted molar refractivity (Wildman–Crippen MR) is 135 cm³/mol. The van der Waals surface area contributed by atoms with Crippen LogP contribution in [0.15, 0.2) is 65.8 Å². The van der Waals surface area contributed by atoms with Crippen LogP contribution >= 0.6 is 0 Å². The molecule has 2 aliphatic rings. The van der Waals surface area contributed by atoms with Gasteiger partial charge in [-0.05, 0) is 37.1 Å². The molecule has 0 amide bonds. The maximum atomic E-state index is 13.1. The number of nitrogens with zero attached hydrogens (tertiary/aromatic N) is 5. The zero-order chi connectivity index (χ0) is 23.6. The van der Waals surface area contributed by atoms with E-state index in [1.807, 2.05) is 35.0 Å². The second kappa shape index (κ2) is 9.58. The molecule has 35 heavy (non-hydrogen) atoms. The maximum absolute atomic E-state index is 13.1. The third-order valence-corrected chi connectivity index (χ3v) is 7.32. The normalized spacial score (nSPS) is 16.8. The Bertz CT molecular complexity index is 1360. The average molecular weight is 467 g/mol. The van der Waals surface area contributed by atoms with Crippen molar-refractivity contribution in [3.63, 3.8) is 0 Å². The van der Waals surface area contributed by atoms with Crippen LogP contribution in [0.1, 0.15) is 60.7 Å². The highest BCUT2D eigenvalue weighted by Crippen LogP contribution is 2.31. The van der Waals surface area contributed by atoms with E-state index in [0.717, 1.165) is 65.4 Å². The molecule has 0 saturated heterocycles. The van der Waals surface area contributed by atoms with E-state index in [4.69, 9.17) is 10.1 Å². The summed E-state index contributed by atoms with van der Waals surface area (Å²) < 4.78 is 1.94. The lowest BCUT2D eigenvalue weighted by Crippen LogP contribution is -2.36. The molecule has 4 aromatic rings. The van der Waals surface area contributed by atoms with Crippen LogP contribution < -0.4 is 5.56 Å². The topological polar surface area (TPSA) is 79.7 Å². The standard InChI is InChI=1S/C28H30N6O/c35-28-24-19-33(16-13-25(24)30-27(31-28)21-7-3-1-4-8-21)17-22-18-34(23-9-5-2-6-10-23)32-26(22)20-11-14-29-15-12-20/h2,5-6,9-12,14-15,18,21H,1,3-4,7-8,13,16-17,19H2,(H,30,31,35). The third-order valence-electron chi connectivity index (χ3n) is 7.32. The van der Waals surface area contributed by atoms with Gasteiger partial charge in [0.2, 0.25) is 0 Å². The summed E-state index contributed by atoms with van der Waals surface area (Å²) in [4.78, 5) is 27.6. The first-order chi connectivity index (χ1) is 17.2. The minimum atomic E-state index is 0.0367. The summed E-state index contributed by atoms with van der Waals surface area (Å²) >= 11 is 0. The lowest BCUT2D eigenvalue weighted by atomic mass is 9.88. The molecule has 0 spiro atoms. The molecular weight excluding hydrogens is 436 g/mol. The van der Waals surface area contributed by atoms with E-state index in [2.05, 4.69) is 33.2 Å². The van der Waals surface area contributed by atoms with Gasteiger partial charge >= 0.3 is 0 Å². The number of H-pyrrole nitrogens is 1. The van der Waals surface area contributed by atoms with Crippen LogP contribution in [0.25, 0.3) is 16.9 Å². The molecule has 3 aromatic heterocycles. The minimum Gasteiger partial charge on any atom is -0.310 e. The molecule has 1 aromatic carbocycles. The summed E-state index contributed by atoms with van der Waals surface area (Å²) in [6, 6.07) is 14.1. The highest BCUT2D eigenvalue weighted by Gasteiger charge is 2.25. The van der Waals surface area contributed by atoms with Crippen LogP contribution in [0.5, 0.6) is 0 Å². The number of fused-ring (bicyclic) bond motifs is 1. The van der Waals surface area contributed by atoms with Crippen molar-refractivity contribution >= 4 is 0 Å². The van der Waals surface area contributed by atoms with E-state index >= 15 is 0 Å². The first-order valence-corrected chi connectivity index (χ1v) is 12.6. The van der Waals surface area contributed by atoms with Gasteiger partial charge in [0.05, 0.1) is 22.6 Å². The van der Waals surface area contributed by atoms with Gasteiger partial charge in [-0.25, -0.2) is 9.67 Å². The summed E-state index contributed by atoms with van der Waals surface area (Å²) in [5.74, 6) is 1.32. The maximum Gasteiger partial charge on any atom is 0.255 e. The Kier molecular flexibility index (Phi) is 6.00. The van der Waals surface area contributed by atoms with Crippen LogP contribution in [0.2, 0.25) is 0 Å². The quantitative estimate of drug-likeness (QED) is 0.464. The summed E-state index contributed by atoms with van der Waals surface area (Å²) in [7, 11) is 0. The Hall–Kier alpha value is -3.58. The number of hydrogen-bond acceptors (Lipinski definition) is 5. The molecule has 4 heterocycles. The highest BCUT2D eigenvalue weighted by molar-refractivity contribution is 5.62. The van der Waals surface area contributed by atoms with Crippen molar-refractivity contribution in [1.29, 1.82) is 0 Å². The van der Waals surface area contributed by atoms with Crippen LogP contribution in [0, 0.1) is 0 Å². The Morgan fingerprint density at radius 3 is 2.60 bits per heavy atom. The van der Waals surface area contributed by atoms with Gasteiger partial charge in [-0.2, -0.15) is 5.10 Å². The number of benzene rings is 1. The molecule has 0 atom stereocenters. The molecule has 0 bridgehead atoms. The van der Waals surface area contributed by atoms with E-state index in [-0.39, 0.29) is 5.56 Å². The van der Waals surface area contributed by atoms with Crippen LogP contribution in [0.3, 0.4) is 0 Å². The Balaban J connectivity index is 1.28. The summed E-state index contributed by atoms with van der Waals surface area (Å²) in [6.07, 6.45) is 12.5. The number of aromatic nitrogens is 5. The zero-order valence-electron chi connectivity index (χ0n) is 19.9. The minimum absolute atomic E-state index is 0.0367. The third kappa shape index (κ3) is 4.56. The van der Waals surface area contributed by atoms with Crippen molar-refractivity contribution in [1.82, 2.24) is 29.6 Å². The number of rotatable bonds is 5. The number of para-hydroxylation sites is 1. The van der Waals surface area contributed by atoms with Crippen molar-refractivity contribution in [2.24, 2.45) is 0 Å². The second-order valence-corrected chi connectivity index (χ2v) is 9.69. The van der Waals surface area contributed by atoms with Crippen molar-refractivity contribution in [3.05, 3.63) is 94.1 Å². The van der Waals surface area contributed by atoms with E-state index in [0.29, 0.717) is 19.0 Å². The Labute approximate surface area is 204 Å². The van der Waals surface area contributed by atoms with Crippen LogP contribution in [-0.4, -0.2) is 36.2 Å². The van der Waals surface area contributed by atoms with Gasteiger partial charge in [-0.15, -0.1) is 0 Å². The Morgan fingerprint density at radius 1 is 1.00 bits per heavy atom. The van der Waals surface area contributed by atoms with Crippen molar-refractivity contribution in [3.8, 4) is 16.9 Å². The van der Waals surface area contributed by atoms with Crippen molar-refractivity contribution < 1.29 is 0 Å². The fourth-order valence-electron chi connectivity index (χ4n) is 5.44. The number of hydrogen-bond donors (Lipinski definition) is 1. The first kappa shape index (κ1) is 21.9. The summed E-state index contributed by atoms with van der Waals surface area (Å²) in [6.45, 7) is 2.20. The molecule has 1 N–H and O–H groups in total. The van der Waals surface area contributed by atoms with Crippen molar-refractivity contribution in [2.45, 2.75) is 57.5 Å². The second-order valence-electron chi connectivity index (χ2n) is 9.69. The molecule has 6 rings (SSSR count). The molecular formula is C28H30N6O. The molecule has 178 valence electrons. The molecule has 1 aliphatic heterocycles. The fraction of sp³-hybridized carbons (Fsp3) is 0.357. The van der Waals surface area contributed by atoms with E-state index in [9.17, 15) is 4.79 Å². The van der Waals surface area contributed by atoms with Gasteiger partial charge in [-0.1, -0.05) is 37.5 Å². The van der Waals surface area contributed by atoms with Gasteiger partial charge in [-0.3, -0.25) is 14.7 Å². The molecule has 7 heteroatoms. The molecule has 0 unspecified atom stereocenters. The molecule has 1 aliphatic carbocycles. The lowest BCUT2D eigenvalue weighted by molar-refractivity contribution is 0.241. The molecule has 0 radical (unpaired) electrons. The predicted octanol–water partition coefficient (Wildman–Crippen LogP) is 4.62. The summed E-state index contributed by atoms with van der Waals surface area (Å²) in [5, 5.41) is 4.92. The molecule has 1 fully saturated rings. The van der Waals surface area contributed by atoms with Gasteiger partial charge in [0, 0.05) is 61.7 Å². The molecule has 1 saturated carbocycles. The Morgan fingerprint density at radius 2 is 1.80 bits per heavy atom. The van der Waals surface area contributed by atoms with E-state index in [1.165, 1.54) is 19.3 Å². The van der Waals surface area contributed by atoms with E-state index in [1.54, 1.807) is 12.4 Å². The average Bonchev–Trinajstić information content (AvgIpc) is 3.34. The number of pyridine rings is 1. The van der Waals surface area contributed by atoms with Gasteiger partial charge < -0.3 is 4.98 Å². The SMILES string of the molecule is O=c1[nH]c(C2CCCCC2)nc2c1CN(Cc1cn(-c3ccccc3)nc1-c1ccncc1)CC2. The zero-order valence-corrected chi connectivity index (χ0v) is 19.9. The lowest BCUT2D eigenvalue weighted by Gasteiger charge is -2.28. The molecule has 7 nitrogen and oxygen atoms in total.